The van der Waals surface area contributed by atoms with Crippen LogP contribution in [0.25, 0.3) is 0 Å². The molecular formula is C14H11BrOS. The number of hydrogen-bond acceptors (Lipinski definition) is 2. The smallest absolute Gasteiger partial charge is 0.186 e. The Balaban J connectivity index is 2.06. The molecule has 3 heteroatoms. The quantitative estimate of drug-likeness (QED) is 0.473. The lowest BCUT2D eigenvalue weighted by Crippen LogP contribution is -2.09. The molecule has 0 unspecified atom stereocenters. The summed E-state index contributed by atoms with van der Waals surface area (Å²) in [4.78, 5) is 13.2. The van der Waals surface area contributed by atoms with Crippen LogP contribution in [-0.4, -0.2) is 9.94 Å². The van der Waals surface area contributed by atoms with Gasteiger partial charge in [-0.2, -0.15) is 0 Å². The van der Waals surface area contributed by atoms with Gasteiger partial charge in [0.1, 0.15) is 4.16 Å². The van der Waals surface area contributed by atoms with Gasteiger partial charge in [-0.1, -0.05) is 64.5 Å². The molecule has 17 heavy (non-hydrogen) atoms. The standard InChI is InChI=1S/C14H11BrOS/c15-14(17-12-9-5-2-6-10-12)13(16)11-7-3-1-4-8-11/h1-10,14H/t14-/m1/s1. The zero-order chi connectivity index (χ0) is 12.1. The molecule has 0 aromatic heterocycles. The highest BCUT2D eigenvalue weighted by Crippen LogP contribution is 2.29. The van der Waals surface area contributed by atoms with Crippen molar-refractivity contribution < 1.29 is 4.79 Å². The maximum Gasteiger partial charge on any atom is 0.186 e. The molecule has 0 spiro atoms. The summed E-state index contributed by atoms with van der Waals surface area (Å²) in [7, 11) is 0. The van der Waals surface area contributed by atoms with E-state index in [4.69, 9.17) is 0 Å². The minimum Gasteiger partial charge on any atom is -0.292 e. The average Bonchev–Trinajstić information content (AvgIpc) is 2.40. The van der Waals surface area contributed by atoms with Crippen LogP contribution in [0.2, 0.25) is 0 Å². The molecule has 0 N–H and O–H groups in total. The predicted octanol–water partition coefficient (Wildman–Crippen LogP) is 4.38. The third kappa shape index (κ3) is 3.45. The fourth-order valence-electron chi connectivity index (χ4n) is 1.41. The summed E-state index contributed by atoms with van der Waals surface area (Å²) in [6.07, 6.45) is 0. The van der Waals surface area contributed by atoms with Crippen LogP contribution in [0.5, 0.6) is 0 Å². The molecule has 0 saturated carbocycles. The van der Waals surface area contributed by atoms with Crippen LogP contribution in [0.1, 0.15) is 10.4 Å². The summed E-state index contributed by atoms with van der Waals surface area (Å²) in [6, 6.07) is 19.2. The molecule has 2 aromatic carbocycles. The monoisotopic (exact) mass is 306 g/mol. The molecule has 0 radical (unpaired) electrons. The third-order valence-corrected chi connectivity index (χ3v) is 4.19. The van der Waals surface area contributed by atoms with E-state index in [9.17, 15) is 4.79 Å². The van der Waals surface area contributed by atoms with Gasteiger partial charge in [0.15, 0.2) is 5.78 Å². The number of thioether (sulfide) groups is 1. The lowest BCUT2D eigenvalue weighted by atomic mass is 10.2. The minimum absolute atomic E-state index is 0.0967. The molecule has 0 heterocycles. The van der Waals surface area contributed by atoms with Crippen molar-refractivity contribution in [2.24, 2.45) is 0 Å². The molecule has 0 amide bonds. The van der Waals surface area contributed by atoms with Gasteiger partial charge in [-0.05, 0) is 12.1 Å². The summed E-state index contributed by atoms with van der Waals surface area (Å²) < 4.78 is -0.243. The molecule has 86 valence electrons. The second-order valence-electron chi connectivity index (χ2n) is 3.48. The van der Waals surface area contributed by atoms with E-state index < -0.39 is 0 Å². The van der Waals surface area contributed by atoms with Gasteiger partial charge in [-0.25, -0.2) is 0 Å². The van der Waals surface area contributed by atoms with E-state index in [1.807, 2.05) is 60.7 Å². The maximum atomic E-state index is 12.1. The summed E-state index contributed by atoms with van der Waals surface area (Å²) in [5.74, 6) is 0.0967. The number of rotatable bonds is 4. The maximum absolute atomic E-state index is 12.1. The Kier molecular flexibility index (Phi) is 4.40. The fourth-order valence-corrected chi connectivity index (χ4v) is 3.11. The highest BCUT2D eigenvalue weighted by atomic mass is 79.9. The van der Waals surface area contributed by atoms with Gasteiger partial charge >= 0.3 is 0 Å². The van der Waals surface area contributed by atoms with Crippen LogP contribution in [0.15, 0.2) is 65.6 Å². The molecule has 0 aliphatic carbocycles. The molecule has 0 aliphatic rings. The van der Waals surface area contributed by atoms with Crippen LogP contribution in [0.4, 0.5) is 0 Å². The molecule has 0 aliphatic heterocycles. The largest absolute Gasteiger partial charge is 0.292 e. The highest BCUT2D eigenvalue weighted by molar-refractivity contribution is 9.11. The minimum atomic E-state index is -0.243. The van der Waals surface area contributed by atoms with Crippen molar-refractivity contribution in [2.75, 3.05) is 0 Å². The van der Waals surface area contributed by atoms with Crippen LogP contribution < -0.4 is 0 Å². The first-order chi connectivity index (χ1) is 8.27. The van der Waals surface area contributed by atoms with E-state index in [-0.39, 0.29) is 9.94 Å². The number of carbonyl (C=O) groups is 1. The van der Waals surface area contributed by atoms with Crippen molar-refractivity contribution in [2.45, 2.75) is 9.05 Å². The number of ketones is 1. The molecule has 0 saturated heterocycles. The van der Waals surface area contributed by atoms with E-state index >= 15 is 0 Å². The molecular weight excluding hydrogens is 296 g/mol. The average molecular weight is 307 g/mol. The van der Waals surface area contributed by atoms with Crippen LogP contribution in [-0.2, 0) is 0 Å². The zero-order valence-corrected chi connectivity index (χ0v) is 11.4. The first kappa shape index (κ1) is 12.4. The number of alkyl halides is 1. The molecule has 1 nitrogen and oxygen atoms in total. The first-order valence-electron chi connectivity index (χ1n) is 5.22. The van der Waals surface area contributed by atoms with Crippen molar-refractivity contribution in [1.29, 1.82) is 0 Å². The van der Waals surface area contributed by atoms with E-state index in [1.54, 1.807) is 0 Å². The molecule has 2 aromatic rings. The zero-order valence-electron chi connectivity index (χ0n) is 9.05. The Morgan fingerprint density at radius 2 is 1.47 bits per heavy atom. The first-order valence-corrected chi connectivity index (χ1v) is 7.02. The summed E-state index contributed by atoms with van der Waals surface area (Å²) >= 11 is 4.94. The highest BCUT2D eigenvalue weighted by Gasteiger charge is 2.17. The summed E-state index contributed by atoms with van der Waals surface area (Å²) in [6.45, 7) is 0. The van der Waals surface area contributed by atoms with E-state index in [2.05, 4.69) is 15.9 Å². The Labute approximate surface area is 113 Å². The lowest BCUT2D eigenvalue weighted by Gasteiger charge is -2.08. The number of halogens is 1. The van der Waals surface area contributed by atoms with Gasteiger partial charge in [0.05, 0.1) is 0 Å². The van der Waals surface area contributed by atoms with Gasteiger partial charge in [0.25, 0.3) is 0 Å². The van der Waals surface area contributed by atoms with E-state index in [1.165, 1.54) is 11.8 Å². The Bertz CT molecular complexity index is 484. The second-order valence-corrected chi connectivity index (χ2v) is 6.18. The molecule has 0 fully saturated rings. The molecule has 2 rings (SSSR count). The predicted molar refractivity (Wildman–Crippen MR) is 75.8 cm³/mol. The van der Waals surface area contributed by atoms with Gasteiger partial charge in [-0.3, -0.25) is 4.79 Å². The number of hydrogen-bond donors (Lipinski definition) is 0. The fraction of sp³-hybridized carbons (Fsp3) is 0.0714. The van der Waals surface area contributed by atoms with Crippen LogP contribution >= 0.6 is 27.7 Å². The van der Waals surface area contributed by atoms with Crippen molar-refractivity contribution in [3.05, 3.63) is 66.2 Å². The summed E-state index contributed by atoms with van der Waals surface area (Å²) in [5.41, 5.74) is 0.734. The number of carbonyl (C=O) groups excluding carboxylic acids is 1. The molecule has 0 bridgehead atoms. The Hall–Kier alpha value is -1.06. The second kappa shape index (κ2) is 6.03. The third-order valence-electron chi connectivity index (χ3n) is 2.25. The molecule has 1 atom stereocenters. The summed E-state index contributed by atoms with van der Waals surface area (Å²) in [5, 5.41) is 0. The van der Waals surface area contributed by atoms with Crippen LogP contribution in [0, 0.1) is 0 Å². The van der Waals surface area contributed by atoms with E-state index in [0.29, 0.717) is 0 Å². The van der Waals surface area contributed by atoms with Gasteiger partial charge in [-0.15, -0.1) is 11.8 Å². The van der Waals surface area contributed by atoms with Crippen LogP contribution in [0.3, 0.4) is 0 Å². The van der Waals surface area contributed by atoms with Crippen molar-refractivity contribution >= 4 is 33.5 Å². The Morgan fingerprint density at radius 3 is 2.06 bits per heavy atom. The number of benzene rings is 2. The van der Waals surface area contributed by atoms with Gasteiger partial charge in [0, 0.05) is 10.5 Å². The normalized spacial score (nSPS) is 12.1. The van der Waals surface area contributed by atoms with Crippen molar-refractivity contribution in [1.82, 2.24) is 0 Å². The van der Waals surface area contributed by atoms with E-state index in [0.717, 1.165) is 10.5 Å². The number of Topliss-reactive ketones (excluding diaryl/α,β-unsaturated/α-hetero) is 1. The topological polar surface area (TPSA) is 17.1 Å². The lowest BCUT2D eigenvalue weighted by molar-refractivity contribution is 0.101. The van der Waals surface area contributed by atoms with Crippen molar-refractivity contribution in [3.63, 3.8) is 0 Å². The van der Waals surface area contributed by atoms with Gasteiger partial charge in [0.2, 0.25) is 0 Å². The Morgan fingerprint density at radius 1 is 0.941 bits per heavy atom. The SMILES string of the molecule is O=C(c1ccccc1)[C@H](Br)Sc1ccccc1. The van der Waals surface area contributed by atoms with Gasteiger partial charge < -0.3 is 0 Å². The van der Waals surface area contributed by atoms with Crippen molar-refractivity contribution in [3.8, 4) is 0 Å².